The molecule has 2 aliphatic rings. The maximum atomic E-state index is 12.8. The maximum Gasteiger partial charge on any atom is 0.241 e. The first kappa shape index (κ1) is 19.3. The standard InChI is InChI=1S/C21H33N3O2/c1-16(2)13-18-14-20(23-22-18)21(25)24-11-12-26-19(15-24)10-6-9-17-7-4-3-5-8-17/h3-5,7-8,16,18-20,22-23H,6,9-15H2,1-2H3. The van der Waals surface area contributed by atoms with Gasteiger partial charge in [-0.15, -0.1) is 0 Å². The second-order valence-corrected chi connectivity index (χ2v) is 8.06. The topological polar surface area (TPSA) is 53.6 Å². The van der Waals surface area contributed by atoms with E-state index in [9.17, 15) is 4.79 Å². The van der Waals surface area contributed by atoms with E-state index in [1.807, 2.05) is 4.90 Å². The molecule has 0 radical (unpaired) electrons. The number of rotatable bonds is 7. The van der Waals surface area contributed by atoms with Crippen molar-refractivity contribution < 1.29 is 9.53 Å². The van der Waals surface area contributed by atoms with Crippen molar-refractivity contribution in [2.45, 2.75) is 64.1 Å². The molecule has 2 heterocycles. The third-order valence-electron chi connectivity index (χ3n) is 5.32. The number of ether oxygens (including phenoxy) is 1. The highest BCUT2D eigenvalue weighted by Crippen LogP contribution is 2.18. The molecule has 0 aliphatic carbocycles. The fourth-order valence-corrected chi connectivity index (χ4v) is 4.00. The highest BCUT2D eigenvalue weighted by Gasteiger charge is 2.34. The summed E-state index contributed by atoms with van der Waals surface area (Å²) in [7, 11) is 0. The first-order valence-electron chi connectivity index (χ1n) is 10.1. The summed E-state index contributed by atoms with van der Waals surface area (Å²) in [6.45, 7) is 6.52. The number of aryl methyl sites for hydroxylation is 1. The minimum absolute atomic E-state index is 0.0955. The van der Waals surface area contributed by atoms with Gasteiger partial charge in [0.25, 0.3) is 0 Å². The Balaban J connectivity index is 1.42. The van der Waals surface area contributed by atoms with Crippen LogP contribution in [0.5, 0.6) is 0 Å². The molecule has 0 saturated carbocycles. The van der Waals surface area contributed by atoms with Gasteiger partial charge in [0.05, 0.1) is 12.7 Å². The van der Waals surface area contributed by atoms with Crippen molar-refractivity contribution in [3.8, 4) is 0 Å². The molecular weight excluding hydrogens is 326 g/mol. The molecule has 144 valence electrons. The molecule has 5 nitrogen and oxygen atoms in total. The number of benzene rings is 1. The van der Waals surface area contributed by atoms with Crippen molar-refractivity contribution in [1.29, 1.82) is 0 Å². The Morgan fingerprint density at radius 2 is 2.08 bits per heavy atom. The normalized spacial score (nSPS) is 26.4. The van der Waals surface area contributed by atoms with E-state index in [4.69, 9.17) is 4.74 Å². The molecule has 1 aromatic rings. The molecule has 3 rings (SSSR count). The molecule has 2 aliphatic heterocycles. The lowest BCUT2D eigenvalue weighted by atomic mass is 9.99. The fourth-order valence-electron chi connectivity index (χ4n) is 4.00. The van der Waals surface area contributed by atoms with Gasteiger partial charge in [0.2, 0.25) is 5.91 Å². The Morgan fingerprint density at radius 1 is 1.27 bits per heavy atom. The van der Waals surface area contributed by atoms with Crippen LogP contribution >= 0.6 is 0 Å². The number of hydrogen-bond donors (Lipinski definition) is 2. The predicted molar refractivity (Wildman–Crippen MR) is 104 cm³/mol. The van der Waals surface area contributed by atoms with Crippen molar-refractivity contribution in [2.75, 3.05) is 19.7 Å². The summed E-state index contributed by atoms with van der Waals surface area (Å²) >= 11 is 0. The van der Waals surface area contributed by atoms with Crippen molar-refractivity contribution >= 4 is 5.91 Å². The third-order valence-corrected chi connectivity index (χ3v) is 5.32. The monoisotopic (exact) mass is 359 g/mol. The lowest BCUT2D eigenvalue weighted by Gasteiger charge is -2.34. The van der Waals surface area contributed by atoms with Crippen LogP contribution in [0.15, 0.2) is 30.3 Å². The minimum atomic E-state index is -0.0955. The van der Waals surface area contributed by atoms with Gasteiger partial charge in [0.15, 0.2) is 0 Å². The number of hydrogen-bond acceptors (Lipinski definition) is 4. The van der Waals surface area contributed by atoms with Crippen LogP contribution < -0.4 is 10.9 Å². The predicted octanol–water partition coefficient (Wildman–Crippen LogP) is 2.52. The van der Waals surface area contributed by atoms with Crippen LogP contribution in [0.2, 0.25) is 0 Å². The summed E-state index contributed by atoms with van der Waals surface area (Å²) in [5, 5.41) is 0. The highest BCUT2D eigenvalue weighted by molar-refractivity contribution is 5.82. The molecule has 2 N–H and O–H groups in total. The number of morpholine rings is 1. The van der Waals surface area contributed by atoms with Crippen LogP contribution in [0.25, 0.3) is 0 Å². The average Bonchev–Trinajstić information content (AvgIpc) is 3.10. The average molecular weight is 360 g/mol. The number of amides is 1. The quantitative estimate of drug-likeness (QED) is 0.785. The Hall–Kier alpha value is -1.43. The van der Waals surface area contributed by atoms with Gasteiger partial charge in [-0.2, -0.15) is 0 Å². The van der Waals surface area contributed by atoms with Crippen LogP contribution in [0, 0.1) is 5.92 Å². The molecule has 2 saturated heterocycles. The molecule has 5 heteroatoms. The summed E-state index contributed by atoms with van der Waals surface area (Å²) in [4.78, 5) is 14.8. The van der Waals surface area contributed by atoms with Crippen molar-refractivity contribution in [3.05, 3.63) is 35.9 Å². The van der Waals surface area contributed by atoms with Crippen LogP contribution in [-0.4, -0.2) is 48.7 Å². The number of nitrogens with zero attached hydrogens (tertiary/aromatic N) is 1. The molecule has 2 fully saturated rings. The molecule has 0 bridgehead atoms. The van der Waals surface area contributed by atoms with Gasteiger partial charge in [0, 0.05) is 19.1 Å². The Kier molecular flexibility index (Phi) is 7.06. The molecule has 0 spiro atoms. The third kappa shape index (κ3) is 5.53. The van der Waals surface area contributed by atoms with Crippen LogP contribution in [-0.2, 0) is 16.0 Å². The zero-order valence-electron chi connectivity index (χ0n) is 16.1. The van der Waals surface area contributed by atoms with E-state index in [1.165, 1.54) is 5.56 Å². The van der Waals surface area contributed by atoms with E-state index in [1.54, 1.807) is 0 Å². The van der Waals surface area contributed by atoms with Gasteiger partial charge >= 0.3 is 0 Å². The molecular formula is C21H33N3O2. The van der Waals surface area contributed by atoms with E-state index in [-0.39, 0.29) is 18.1 Å². The molecule has 1 amide bonds. The number of nitrogens with one attached hydrogen (secondary N) is 2. The summed E-state index contributed by atoms with van der Waals surface area (Å²) in [6.07, 6.45) is 5.31. The van der Waals surface area contributed by atoms with E-state index < -0.39 is 0 Å². The zero-order valence-corrected chi connectivity index (χ0v) is 16.1. The maximum absolute atomic E-state index is 12.8. The summed E-state index contributed by atoms with van der Waals surface area (Å²) in [5.41, 5.74) is 7.87. The Bertz CT molecular complexity index is 564. The first-order chi connectivity index (χ1) is 12.6. The first-order valence-corrected chi connectivity index (χ1v) is 10.1. The summed E-state index contributed by atoms with van der Waals surface area (Å²) in [5.74, 6) is 0.862. The summed E-state index contributed by atoms with van der Waals surface area (Å²) in [6, 6.07) is 10.9. The summed E-state index contributed by atoms with van der Waals surface area (Å²) < 4.78 is 5.90. The van der Waals surface area contributed by atoms with E-state index in [0.717, 1.165) is 38.6 Å². The number of hydrazine groups is 1. The van der Waals surface area contributed by atoms with Crippen LogP contribution in [0.4, 0.5) is 0 Å². The van der Waals surface area contributed by atoms with Crippen molar-refractivity contribution in [1.82, 2.24) is 15.8 Å². The van der Waals surface area contributed by atoms with Gasteiger partial charge in [-0.1, -0.05) is 44.2 Å². The van der Waals surface area contributed by atoms with E-state index in [2.05, 4.69) is 55.0 Å². The lowest BCUT2D eigenvalue weighted by Crippen LogP contribution is -2.52. The number of carbonyl (C=O) groups excluding carboxylic acids is 1. The SMILES string of the molecule is CC(C)CC1CC(C(=O)N2CCOC(CCCc3ccccc3)C2)NN1. The molecule has 26 heavy (non-hydrogen) atoms. The van der Waals surface area contributed by atoms with Crippen molar-refractivity contribution in [3.63, 3.8) is 0 Å². The van der Waals surface area contributed by atoms with Crippen LogP contribution in [0.3, 0.4) is 0 Å². The van der Waals surface area contributed by atoms with E-state index >= 15 is 0 Å². The van der Waals surface area contributed by atoms with Crippen molar-refractivity contribution in [2.24, 2.45) is 5.92 Å². The highest BCUT2D eigenvalue weighted by atomic mass is 16.5. The second-order valence-electron chi connectivity index (χ2n) is 8.06. The smallest absolute Gasteiger partial charge is 0.241 e. The molecule has 3 unspecified atom stereocenters. The minimum Gasteiger partial charge on any atom is -0.375 e. The van der Waals surface area contributed by atoms with Crippen LogP contribution in [0.1, 0.15) is 45.1 Å². The molecule has 3 atom stereocenters. The Labute approximate surface area is 157 Å². The van der Waals surface area contributed by atoms with Gasteiger partial charge in [0.1, 0.15) is 6.04 Å². The number of carbonyl (C=O) groups is 1. The fraction of sp³-hybridized carbons (Fsp3) is 0.667. The Morgan fingerprint density at radius 3 is 2.85 bits per heavy atom. The largest absolute Gasteiger partial charge is 0.375 e. The molecule has 1 aromatic carbocycles. The molecule has 0 aromatic heterocycles. The van der Waals surface area contributed by atoms with Gasteiger partial charge < -0.3 is 9.64 Å². The van der Waals surface area contributed by atoms with Gasteiger partial charge in [-0.05, 0) is 43.6 Å². The van der Waals surface area contributed by atoms with Gasteiger partial charge in [-0.3, -0.25) is 10.2 Å². The second kappa shape index (κ2) is 9.49. The van der Waals surface area contributed by atoms with E-state index in [0.29, 0.717) is 25.1 Å². The lowest BCUT2D eigenvalue weighted by molar-refractivity contribution is -0.141. The zero-order chi connectivity index (χ0) is 18.4. The van der Waals surface area contributed by atoms with Gasteiger partial charge in [-0.25, -0.2) is 5.43 Å².